The Morgan fingerprint density at radius 1 is 0.629 bits per heavy atom. The molecule has 1 atom stereocenters. The molecule has 3 N–H and O–H groups in total. The van der Waals surface area contributed by atoms with Crippen LogP contribution in [0.5, 0.6) is 0 Å². The van der Waals surface area contributed by atoms with Crippen LogP contribution in [0.25, 0.3) is 0 Å². The lowest BCUT2D eigenvalue weighted by Crippen LogP contribution is -2.49. The first-order valence-electron chi connectivity index (χ1n) is 14.4. The second-order valence-electron chi connectivity index (χ2n) is 11.4. The van der Waals surface area contributed by atoms with E-state index in [2.05, 4.69) is 31.2 Å². The molecule has 0 heterocycles. The number of aliphatic hydroxyl groups is 1. The summed E-state index contributed by atoms with van der Waals surface area (Å²) in [6.07, 6.45) is 31.4. The fourth-order valence-electron chi connectivity index (χ4n) is 4.49. The van der Waals surface area contributed by atoms with Crippen LogP contribution in [-0.4, -0.2) is 52.4 Å². The fourth-order valence-corrected chi connectivity index (χ4v) is 5.55. The largest absolute Gasteiger partial charge is 0.373 e. The monoisotopic (exact) mass is 516 g/mol. The van der Waals surface area contributed by atoms with Crippen LogP contribution in [0.3, 0.4) is 0 Å². The average Bonchev–Trinajstić information content (AvgIpc) is 2.75. The highest BCUT2D eigenvalue weighted by molar-refractivity contribution is 7.53. The Labute approximate surface area is 217 Å². The van der Waals surface area contributed by atoms with Crippen molar-refractivity contribution >= 4 is 7.60 Å². The Kier molecular flexibility index (Phi) is 20.3. The lowest BCUT2D eigenvalue weighted by atomic mass is 10.1. The fraction of sp³-hybridized carbons (Fsp3) is 0.862. The molecule has 35 heavy (non-hydrogen) atoms. The summed E-state index contributed by atoms with van der Waals surface area (Å²) in [7, 11) is 0.931. The van der Waals surface area contributed by atoms with E-state index >= 15 is 0 Å². The molecule has 0 aromatic rings. The van der Waals surface area contributed by atoms with Gasteiger partial charge in [-0.3, -0.25) is 4.57 Å². The number of unbranched alkanes of at least 4 members (excludes halogenated alkanes) is 15. The topological polar surface area (TPSA) is 77.8 Å². The van der Waals surface area contributed by atoms with Gasteiger partial charge in [-0.05, 0) is 64.2 Å². The first-order valence-corrected chi connectivity index (χ1v) is 16.0. The molecule has 1 unspecified atom stereocenters. The van der Waals surface area contributed by atoms with Crippen LogP contribution >= 0.6 is 7.60 Å². The van der Waals surface area contributed by atoms with Crippen LogP contribution < -0.4 is 0 Å². The number of likely N-dealkylation sites (N-methyl/N-ethyl adjacent to an activating group) is 1. The van der Waals surface area contributed by atoms with Gasteiger partial charge in [-0.25, -0.2) is 0 Å². The summed E-state index contributed by atoms with van der Waals surface area (Å²) in [4.78, 5) is 19.2. The summed E-state index contributed by atoms with van der Waals surface area (Å²) in [5, 5.41) is 8.61. The molecule has 0 saturated heterocycles. The molecule has 0 aliphatic heterocycles. The van der Waals surface area contributed by atoms with E-state index in [9.17, 15) is 19.5 Å². The van der Waals surface area contributed by atoms with E-state index in [1.54, 1.807) is 0 Å². The lowest BCUT2D eigenvalue weighted by Gasteiger charge is -2.35. The van der Waals surface area contributed by atoms with Crippen LogP contribution in [-0.2, 0) is 4.57 Å². The number of nitrogens with zero attached hydrogens (tertiary/aromatic N) is 1. The van der Waals surface area contributed by atoms with Gasteiger partial charge in [0, 0.05) is 0 Å². The van der Waals surface area contributed by atoms with Gasteiger partial charge in [0.1, 0.15) is 6.54 Å². The van der Waals surface area contributed by atoms with Crippen molar-refractivity contribution in [1.82, 2.24) is 0 Å². The molecular weight excluding hydrogens is 457 g/mol. The van der Waals surface area contributed by atoms with Gasteiger partial charge in [-0.15, -0.1) is 0 Å². The minimum atomic E-state index is -4.56. The molecule has 0 aromatic carbocycles. The highest BCUT2D eigenvalue weighted by atomic mass is 31.2. The maximum atomic E-state index is 11.8. The van der Waals surface area contributed by atoms with Crippen LogP contribution in [0.2, 0.25) is 0 Å². The summed E-state index contributed by atoms with van der Waals surface area (Å²) in [6, 6.07) is 0. The third-order valence-corrected chi connectivity index (χ3v) is 7.97. The lowest BCUT2D eigenvalue weighted by molar-refractivity contribution is -0.875. The number of hydrogen-bond acceptors (Lipinski definition) is 2. The predicted octanol–water partition coefficient (Wildman–Crippen LogP) is 8.10. The molecule has 0 spiro atoms. The summed E-state index contributed by atoms with van der Waals surface area (Å²) >= 11 is 0. The zero-order valence-electron chi connectivity index (χ0n) is 23.6. The number of quaternary nitrogens is 1. The molecule has 0 rings (SSSR count). The van der Waals surface area contributed by atoms with Crippen LogP contribution in [0.4, 0.5) is 0 Å². The molecule has 0 amide bonds. The molecule has 208 valence electrons. The Morgan fingerprint density at radius 2 is 0.971 bits per heavy atom. The first kappa shape index (κ1) is 34.6. The smallest absolute Gasteiger partial charge is 0.362 e. The van der Waals surface area contributed by atoms with E-state index in [-0.39, 0.29) is 13.0 Å². The Morgan fingerprint density at radius 3 is 1.34 bits per heavy atom. The second-order valence-corrected chi connectivity index (χ2v) is 13.3. The van der Waals surface area contributed by atoms with Gasteiger partial charge in [0.2, 0.25) is 5.34 Å². The van der Waals surface area contributed by atoms with Crippen molar-refractivity contribution in [2.24, 2.45) is 0 Å². The summed E-state index contributed by atoms with van der Waals surface area (Å²) < 4.78 is 12.1. The quantitative estimate of drug-likeness (QED) is 0.0524. The van der Waals surface area contributed by atoms with Crippen LogP contribution in [0, 0.1) is 0 Å². The molecule has 0 radical (unpaired) electrons. The maximum Gasteiger partial charge on any atom is 0.362 e. The Bertz CT molecular complexity index is 594. The van der Waals surface area contributed by atoms with Crippen LogP contribution in [0.1, 0.15) is 129 Å². The summed E-state index contributed by atoms with van der Waals surface area (Å²) in [5.41, 5.74) is 0. The normalized spacial score (nSPS) is 14.8. The van der Waals surface area contributed by atoms with Crippen molar-refractivity contribution in [3.8, 4) is 0 Å². The van der Waals surface area contributed by atoms with Crippen molar-refractivity contribution in [3.05, 3.63) is 24.3 Å². The molecule has 0 aliphatic rings. The molecule has 0 aliphatic carbocycles. The number of hydrogen-bond donors (Lipinski definition) is 3. The first-order chi connectivity index (χ1) is 16.5. The third-order valence-electron chi connectivity index (χ3n) is 6.52. The van der Waals surface area contributed by atoms with E-state index in [4.69, 9.17) is 0 Å². The summed E-state index contributed by atoms with van der Waals surface area (Å²) in [5.74, 6) is 0. The zero-order chi connectivity index (χ0) is 26.5. The van der Waals surface area contributed by atoms with Crippen molar-refractivity contribution in [1.29, 1.82) is 0 Å². The van der Waals surface area contributed by atoms with Crippen molar-refractivity contribution < 1.29 is 23.9 Å². The van der Waals surface area contributed by atoms with Gasteiger partial charge in [0.05, 0.1) is 21.1 Å². The van der Waals surface area contributed by atoms with Gasteiger partial charge < -0.3 is 19.4 Å². The Balaban J connectivity index is 3.61. The van der Waals surface area contributed by atoms with E-state index < -0.39 is 12.9 Å². The molecule has 0 aromatic heterocycles. The highest BCUT2D eigenvalue weighted by Crippen LogP contribution is 2.52. The van der Waals surface area contributed by atoms with Gasteiger partial charge in [-0.2, -0.15) is 0 Å². The predicted molar refractivity (Wildman–Crippen MR) is 152 cm³/mol. The van der Waals surface area contributed by atoms with E-state index in [1.165, 1.54) is 89.9 Å². The molecule has 6 heteroatoms. The van der Waals surface area contributed by atoms with Gasteiger partial charge >= 0.3 is 7.60 Å². The minimum absolute atomic E-state index is 0.0432. The standard InChI is InChI=1S/C29H58NO4P/c1-5-6-7-8-9-10-11-12-13-14-15-16-17-18-19-20-21-22-23-24-25-26-27-29(31,35(32,33)34)28-30(2,3)4/h15-16,22-23,31H,5-14,17-21,24-28H2,1-4H3,(H-,32,33,34)/p+1/b16-15-,23-22-. The average molecular weight is 517 g/mol. The van der Waals surface area contributed by atoms with E-state index in [0.717, 1.165) is 19.3 Å². The van der Waals surface area contributed by atoms with E-state index in [0.29, 0.717) is 10.9 Å². The number of allylic oxidation sites excluding steroid dienone is 4. The maximum absolute atomic E-state index is 11.8. The van der Waals surface area contributed by atoms with Crippen LogP contribution in [0.15, 0.2) is 24.3 Å². The molecule has 0 bridgehead atoms. The summed E-state index contributed by atoms with van der Waals surface area (Å²) in [6.45, 7) is 2.32. The highest BCUT2D eigenvalue weighted by Gasteiger charge is 2.48. The van der Waals surface area contributed by atoms with Gasteiger partial charge in [0.25, 0.3) is 0 Å². The molecule has 0 fully saturated rings. The van der Waals surface area contributed by atoms with Gasteiger partial charge in [0.15, 0.2) is 0 Å². The van der Waals surface area contributed by atoms with Crippen molar-refractivity contribution in [2.45, 2.75) is 134 Å². The second kappa shape index (κ2) is 20.6. The number of rotatable bonds is 24. The van der Waals surface area contributed by atoms with Gasteiger partial charge in [-0.1, -0.05) is 89.0 Å². The van der Waals surface area contributed by atoms with Crippen molar-refractivity contribution in [2.75, 3.05) is 27.7 Å². The van der Waals surface area contributed by atoms with Crippen molar-refractivity contribution in [3.63, 3.8) is 0 Å². The van der Waals surface area contributed by atoms with E-state index in [1.807, 2.05) is 21.1 Å². The zero-order valence-corrected chi connectivity index (χ0v) is 24.5. The Hall–Kier alpha value is -0.450. The molecular formula is C29H59NO4P+. The molecule has 5 nitrogen and oxygen atoms in total. The third kappa shape index (κ3) is 21.4. The minimum Gasteiger partial charge on any atom is -0.373 e. The SMILES string of the molecule is CCCCCCCCCCC/C=C\CCCCC/C=C\CCCCC(O)(C[N+](C)(C)C)P(=O)(O)O. The molecule has 0 saturated carbocycles.